The van der Waals surface area contributed by atoms with Crippen molar-refractivity contribution >= 4 is 17.4 Å². The van der Waals surface area contributed by atoms with Crippen LogP contribution in [0.3, 0.4) is 0 Å². The average Bonchev–Trinajstić information content (AvgIpc) is 2.65. The summed E-state index contributed by atoms with van der Waals surface area (Å²) in [6.07, 6.45) is 1.23. The second kappa shape index (κ2) is 8.93. The molecule has 0 unspecified atom stereocenters. The number of rotatable bonds is 6. The highest BCUT2D eigenvalue weighted by atomic mass is 19.3. The van der Waals surface area contributed by atoms with Crippen molar-refractivity contribution in [3.8, 4) is 16.9 Å². The van der Waals surface area contributed by atoms with Crippen LogP contribution in [0, 0.1) is 0 Å². The standard InChI is InChI=1S/C18H17F3N4O2/c1-4-14(19)17(22-3)23-15-9-13(16(10(2)26)25-24-15)11-5-7-12(8-6-11)27-18(20)21/h4-9,18H,1-3H3,(H,22,23,24)/b14-4+. The molecule has 142 valence electrons. The van der Waals surface area contributed by atoms with Crippen molar-refractivity contribution in [3.63, 3.8) is 0 Å². The molecule has 0 fully saturated rings. The van der Waals surface area contributed by atoms with E-state index in [4.69, 9.17) is 0 Å². The number of ketones is 1. The van der Waals surface area contributed by atoms with E-state index >= 15 is 0 Å². The Morgan fingerprint density at radius 1 is 1.26 bits per heavy atom. The van der Waals surface area contributed by atoms with E-state index in [-0.39, 0.29) is 28.9 Å². The van der Waals surface area contributed by atoms with E-state index in [1.165, 1.54) is 57.3 Å². The number of anilines is 1. The van der Waals surface area contributed by atoms with Crippen LogP contribution in [-0.4, -0.2) is 35.5 Å². The van der Waals surface area contributed by atoms with Crippen LogP contribution < -0.4 is 10.1 Å². The number of allylic oxidation sites excluding steroid dienone is 1. The lowest BCUT2D eigenvalue weighted by Crippen LogP contribution is -2.15. The van der Waals surface area contributed by atoms with Crippen molar-refractivity contribution in [2.75, 3.05) is 12.4 Å². The summed E-state index contributed by atoms with van der Waals surface area (Å²) < 4.78 is 42.6. The van der Waals surface area contributed by atoms with Gasteiger partial charge in [0.05, 0.1) is 0 Å². The molecule has 0 aliphatic heterocycles. The first-order valence-electron chi connectivity index (χ1n) is 7.85. The summed E-state index contributed by atoms with van der Waals surface area (Å²) in [6.45, 7) is -0.0932. The monoisotopic (exact) mass is 378 g/mol. The van der Waals surface area contributed by atoms with E-state index in [1.54, 1.807) is 0 Å². The van der Waals surface area contributed by atoms with E-state index in [9.17, 15) is 18.0 Å². The second-order valence-corrected chi connectivity index (χ2v) is 5.28. The molecule has 1 aromatic carbocycles. The van der Waals surface area contributed by atoms with E-state index < -0.39 is 12.4 Å². The summed E-state index contributed by atoms with van der Waals surface area (Å²) in [5, 5.41) is 10.4. The first-order valence-corrected chi connectivity index (χ1v) is 7.85. The van der Waals surface area contributed by atoms with Crippen molar-refractivity contribution < 1.29 is 22.7 Å². The average molecular weight is 378 g/mol. The molecule has 9 heteroatoms. The first-order chi connectivity index (χ1) is 12.8. The third-order valence-electron chi connectivity index (χ3n) is 3.47. The van der Waals surface area contributed by atoms with Crippen molar-refractivity contribution in [1.82, 2.24) is 10.2 Å². The summed E-state index contributed by atoms with van der Waals surface area (Å²) in [4.78, 5) is 15.6. The Kier molecular flexibility index (Phi) is 6.64. The molecule has 0 radical (unpaired) electrons. The van der Waals surface area contributed by atoms with Crippen LogP contribution in [0.5, 0.6) is 5.75 Å². The molecule has 2 rings (SSSR count). The smallest absolute Gasteiger partial charge is 0.387 e. The minimum absolute atomic E-state index is 0.0194. The molecule has 0 bridgehead atoms. The number of aromatic nitrogens is 2. The van der Waals surface area contributed by atoms with Gasteiger partial charge in [0.2, 0.25) is 0 Å². The van der Waals surface area contributed by atoms with E-state index in [2.05, 4.69) is 25.2 Å². The SMILES string of the molecule is C/C=C(/F)C(=NC)Nc1cc(-c2ccc(OC(F)F)cc2)c(C(C)=O)nn1. The number of aliphatic imine (C=N–C) groups is 1. The number of amidine groups is 1. The summed E-state index contributed by atoms with van der Waals surface area (Å²) in [5.41, 5.74) is 1.02. The molecule has 1 heterocycles. The second-order valence-electron chi connectivity index (χ2n) is 5.28. The number of ether oxygens (including phenoxy) is 1. The third kappa shape index (κ3) is 5.13. The normalized spacial score (nSPS) is 12.3. The van der Waals surface area contributed by atoms with Crippen LogP contribution in [-0.2, 0) is 0 Å². The lowest BCUT2D eigenvalue weighted by Gasteiger charge is -2.11. The van der Waals surface area contributed by atoms with Crippen LogP contribution in [0.2, 0.25) is 0 Å². The Balaban J connectivity index is 2.43. The Morgan fingerprint density at radius 2 is 1.93 bits per heavy atom. The summed E-state index contributed by atoms with van der Waals surface area (Å²) in [7, 11) is 1.41. The van der Waals surface area contributed by atoms with Crippen molar-refractivity contribution in [1.29, 1.82) is 0 Å². The minimum Gasteiger partial charge on any atom is -0.435 e. The van der Waals surface area contributed by atoms with Gasteiger partial charge >= 0.3 is 6.61 Å². The molecule has 0 saturated carbocycles. The highest BCUT2D eigenvalue weighted by molar-refractivity contribution is 6.06. The predicted molar refractivity (Wildman–Crippen MR) is 96.0 cm³/mol. The fourth-order valence-corrected chi connectivity index (χ4v) is 2.23. The Labute approximate surface area is 153 Å². The molecule has 0 saturated heterocycles. The summed E-state index contributed by atoms with van der Waals surface area (Å²) >= 11 is 0. The minimum atomic E-state index is -2.93. The molecule has 0 amide bonds. The van der Waals surface area contributed by atoms with Crippen LogP contribution >= 0.6 is 0 Å². The topological polar surface area (TPSA) is 76.5 Å². The van der Waals surface area contributed by atoms with Gasteiger partial charge in [-0.3, -0.25) is 9.79 Å². The van der Waals surface area contributed by atoms with Gasteiger partial charge in [-0.25, -0.2) is 4.39 Å². The quantitative estimate of drug-likeness (QED) is 0.462. The Hall–Kier alpha value is -3.23. The predicted octanol–water partition coefficient (Wildman–Crippen LogP) is 4.26. The highest BCUT2D eigenvalue weighted by Gasteiger charge is 2.15. The number of Topliss-reactive ketones (excluding diaryl/α,β-unsaturated/α-hetero) is 1. The zero-order valence-electron chi connectivity index (χ0n) is 14.8. The lowest BCUT2D eigenvalue weighted by atomic mass is 10.0. The molecule has 27 heavy (non-hydrogen) atoms. The fourth-order valence-electron chi connectivity index (χ4n) is 2.23. The summed E-state index contributed by atoms with van der Waals surface area (Å²) in [6, 6.07) is 7.20. The number of nitrogens with zero attached hydrogens (tertiary/aromatic N) is 3. The van der Waals surface area contributed by atoms with Crippen LogP contribution in [0.1, 0.15) is 24.3 Å². The number of hydrogen-bond acceptors (Lipinski definition) is 5. The van der Waals surface area contributed by atoms with Gasteiger partial charge in [0.15, 0.2) is 23.3 Å². The molecule has 1 N–H and O–H groups in total. The van der Waals surface area contributed by atoms with Crippen LogP contribution in [0.4, 0.5) is 19.0 Å². The maximum atomic E-state index is 13.8. The van der Waals surface area contributed by atoms with Gasteiger partial charge < -0.3 is 10.1 Å². The van der Waals surface area contributed by atoms with Crippen LogP contribution in [0.15, 0.2) is 47.2 Å². The zero-order valence-corrected chi connectivity index (χ0v) is 14.8. The highest BCUT2D eigenvalue weighted by Crippen LogP contribution is 2.27. The van der Waals surface area contributed by atoms with Crippen molar-refractivity contribution in [3.05, 3.63) is 47.9 Å². The molecule has 0 aliphatic carbocycles. The van der Waals surface area contributed by atoms with Gasteiger partial charge in [0, 0.05) is 19.5 Å². The Bertz CT molecular complexity index is 881. The number of benzene rings is 1. The Morgan fingerprint density at radius 3 is 2.44 bits per heavy atom. The van der Waals surface area contributed by atoms with E-state index in [0.717, 1.165) is 0 Å². The van der Waals surface area contributed by atoms with Gasteiger partial charge in [-0.1, -0.05) is 12.1 Å². The molecule has 0 spiro atoms. The van der Waals surface area contributed by atoms with Gasteiger partial charge in [-0.05, 0) is 36.8 Å². The maximum absolute atomic E-state index is 13.8. The number of alkyl halides is 2. The van der Waals surface area contributed by atoms with Crippen LogP contribution in [0.25, 0.3) is 11.1 Å². The van der Waals surface area contributed by atoms with Gasteiger partial charge in [-0.15, -0.1) is 10.2 Å². The molecule has 0 aliphatic rings. The number of carbonyl (C=O) groups is 1. The van der Waals surface area contributed by atoms with E-state index in [1.807, 2.05) is 0 Å². The molecular formula is C18H17F3N4O2. The molecular weight excluding hydrogens is 361 g/mol. The fraction of sp³-hybridized carbons (Fsp3) is 0.222. The first kappa shape index (κ1) is 20.1. The molecule has 2 aromatic rings. The third-order valence-corrected chi connectivity index (χ3v) is 3.47. The van der Waals surface area contributed by atoms with Gasteiger partial charge in [0.1, 0.15) is 11.4 Å². The number of hydrogen-bond donors (Lipinski definition) is 1. The van der Waals surface area contributed by atoms with Crippen molar-refractivity contribution in [2.24, 2.45) is 4.99 Å². The van der Waals surface area contributed by atoms with E-state index in [0.29, 0.717) is 11.1 Å². The number of carbonyl (C=O) groups excluding carboxylic acids is 1. The molecule has 1 aromatic heterocycles. The molecule has 0 atom stereocenters. The maximum Gasteiger partial charge on any atom is 0.387 e. The lowest BCUT2D eigenvalue weighted by molar-refractivity contribution is -0.0498. The molecule has 6 nitrogen and oxygen atoms in total. The largest absolute Gasteiger partial charge is 0.435 e. The zero-order chi connectivity index (χ0) is 20.0. The number of nitrogens with one attached hydrogen (secondary N) is 1. The summed E-state index contributed by atoms with van der Waals surface area (Å²) in [5.74, 6) is -0.811. The van der Waals surface area contributed by atoms with Gasteiger partial charge in [0.25, 0.3) is 0 Å². The van der Waals surface area contributed by atoms with Crippen molar-refractivity contribution in [2.45, 2.75) is 20.5 Å². The van der Waals surface area contributed by atoms with Gasteiger partial charge in [-0.2, -0.15) is 8.78 Å². The number of halogens is 3.